The van der Waals surface area contributed by atoms with E-state index >= 15 is 0 Å². The fourth-order valence-electron chi connectivity index (χ4n) is 9.00. The van der Waals surface area contributed by atoms with Crippen molar-refractivity contribution >= 4 is 58.5 Å². The predicted octanol–water partition coefficient (Wildman–Crippen LogP) is 16.9. The Bertz CT molecular complexity index is 2970. The summed E-state index contributed by atoms with van der Waals surface area (Å²) in [6.07, 6.45) is 0. The van der Waals surface area contributed by atoms with Gasteiger partial charge in [-0.05, 0) is 33.1 Å². The van der Waals surface area contributed by atoms with E-state index in [0.29, 0.717) is 0 Å². The minimum atomic E-state index is -0.826. The molecule has 11 rings (SSSR count). The largest absolute Gasteiger partial charge is 0.184 e. The van der Waals surface area contributed by atoms with Crippen LogP contribution in [0.5, 0.6) is 0 Å². The molecule has 0 spiro atoms. The first-order valence-corrected chi connectivity index (χ1v) is 29.8. The molecule has 0 saturated carbocycles. The number of hydrogen-bond acceptors (Lipinski definition) is 0. The molecule has 0 fully saturated rings. The first-order chi connectivity index (χ1) is 31.9. The third-order valence-corrected chi connectivity index (χ3v) is 13.5. The molecule has 1 aliphatic rings. The SMILES string of the molecule is CC(C)(C)c1ccccc1-c1cccc2[cH-]c(-c3ccccc3)cc12.CC(C)(C)c1ccccc1-c1cccc2[cH-]c(-c3ccccc3)cc12.[Cl][Zr][Cl].[c-]1cccc2c1[Si]c1ccccc1-2. The third kappa shape index (κ3) is 10.8. The molecular formula is C62H53Cl2SiZr-3. The van der Waals surface area contributed by atoms with Gasteiger partial charge >= 0.3 is 37.9 Å². The molecule has 1 aliphatic heterocycles. The van der Waals surface area contributed by atoms with E-state index < -0.39 is 20.8 Å². The van der Waals surface area contributed by atoms with Gasteiger partial charge in [-0.2, -0.15) is 29.5 Å². The Kier molecular flexibility index (Phi) is 15.1. The zero-order valence-electron chi connectivity index (χ0n) is 38.5. The second-order valence-electron chi connectivity index (χ2n) is 18.6. The monoisotopic (exact) mass is 985 g/mol. The number of rotatable bonds is 4. The summed E-state index contributed by atoms with van der Waals surface area (Å²) in [5.41, 5.74) is 16.2. The second kappa shape index (κ2) is 21.1. The predicted molar refractivity (Wildman–Crippen MR) is 286 cm³/mol. The summed E-state index contributed by atoms with van der Waals surface area (Å²) in [5.74, 6) is 0. The van der Waals surface area contributed by atoms with Crippen molar-refractivity contribution in [1.82, 2.24) is 0 Å². The summed E-state index contributed by atoms with van der Waals surface area (Å²) in [4.78, 5) is 0. The molecule has 0 atom stereocenters. The molecule has 1 heterocycles. The Hall–Kier alpha value is -5.34. The summed E-state index contributed by atoms with van der Waals surface area (Å²) in [5, 5.41) is 8.10. The van der Waals surface area contributed by atoms with Crippen molar-refractivity contribution in [3.8, 4) is 55.6 Å². The van der Waals surface area contributed by atoms with Crippen LogP contribution in [0.2, 0.25) is 0 Å². The molecule has 0 aliphatic carbocycles. The van der Waals surface area contributed by atoms with Gasteiger partial charge in [0.2, 0.25) is 0 Å². The fraction of sp³-hybridized carbons (Fsp3) is 0.129. The first-order valence-electron chi connectivity index (χ1n) is 22.5. The molecule has 0 N–H and O–H groups in total. The summed E-state index contributed by atoms with van der Waals surface area (Å²) in [7, 11) is 10.7. The van der Waals surface area contributed by atoms with Gasteiger partial charge in [-0.3, -0.25) is 0 Å². The van der Waals surface area contributed by atoms with Crippen molar-refractivity contribution in [2.45, 2.75) is 52.4 Å². The summed E-state index contributed by atoms with van der Waals surface area (Å²) >= 11 is -0.826. The van der Waals surface area contributed by atoms with Gasteiger partial charge in [0.1, 0.15) is 0 Å². The third-order valence-electron chi connectivity index (χ3n) is 12.1. The van der Waals surface area contributed by atoms with Gasteiger partial charge in [0.15, 0.2) is 0 Å². The van der Waals surface area contributed by atoms with Gasteiger partial charge in [-0.25, -0.2) is 0 Å². The Balaban J connectivity index is 0.000000136. The zero-order chi connectivity index (χ0) is 46.3. The molecule has 66 heavy (non-hydrogen) atoms. The van der Waals surface area contributed by atoms with Crippen LogP contribution in [0, 0.1) is 6.07 Å². The van der Waals surface area contributed by atoms with Crippen LogP contribution in [0.4, 0.5) is 0 Å². The fourth-order valence-corrected chi connectivity index (χ4v) is 10.3. The van der Waals surface area contributed by atoms with Crippen molar-refractivity contribution in [3.05, 3.63) is 230 Å². The molecule has 326 valence electrons. The second-order valence-corrected chi connectivity index (χ2v) is 23.6. The quantitative estimate of drug-likeness (QED) is 0.122. The molecule has 0 amide bonds. The molecule has 0 aromatic heterocycles. The molecule has 4 heteroatoms. The standard InChI is InChI=1S/2C25H23.C12H7Si.2ClH.Zr/c2*1-25(2,3)24-15-8-7-13-22(24)21-14-9-12-19-16-20(17-23(19)21)18-10-5-4-6-11-18;1-3-7-11-9(5-1)10-6-2-4-8-12(10)13-11;;;/h2*4-17H,1-3H3;1-7H;2*1H;/q3*-1;;;+2/p-2. The number of hydrogen-bond donors (Lipinski definition) is 0. The van der Waals surface area contributed by atoms with Crippen LogP contribution in [0.15, 0.2) is 212 Å². The van der Waals surface area contributed by atoms with Crippen molar-refractivity contribution in [2.24, 2.45) is 0 Å². The maximum Gasteiger partial charge on any atom is 0.0920 e. The first kappa shape index (κ1) is 47.2. The molecule has 2 radical (unpaired) electrons. The Labute approximate surface area is 413 Å². The number of halogens is 2. The maximum absolute atomic E-state index is 4.93. The summed E-state index contributed by atoms with van der Waals surface area (Å²) in [6, 6.07) is 79.6. The summed E-state index contributed by atoms with van der Waals surface area (Å²) < 4.78 is 0. The van der Waals surface area contributed by atoms with Crippen molar-refractivity contribution < 1.29 is 20.8 Å². The van der Waals surface area contributed by atoms with E-state index in [0.717, 1.165) is 9.52 Å². The van der Waals surface area contributed by atoms with Crippen molar-refractivity contribution in [3.63, 3.8) is 0 Å². The van der Waals surface area contributed by atoms with Gasteiger partial charge in [0, 0.05) is 0 Å². The minimum absolute atomic E-state index is 0.119. The van der Waals surface area contributed by atoms with Gasteiger partial charge in [0.25, 0.3) is 0 Å². The summed E-state index contributed by atoms with van der Waals surface area (Å²) in [6.45, 7) is 13.7. The van der Waals surface area contributed by atoms with Crippen molar-refractivity contribution in [1.29, 1.82) is 0 Å². The molecule has 0 nitrogen and oxygen atoms in total. The average Bonchev–Trinajstić information content (AvgIpc) is 4.08. The number of fused-ring (bicyclic) bond motifs is 5. The van der Waals surface area contributed by atoms with E-state index in [1.54, 1.807) is 0 Å². The molecule has 0 unspecified atom stereocenters. The van der Waals surface area contributed by atoms with Crippen molar-refractivity contribution in [2.75, 3.05) is 0 Å². The molecule has 10 aromatic carbocycles. The van der Waals surface area contributed by atoms with E-state index in [4.69, 9.17) is 17.0 Å². The molecule has 0 saturated heterocycles. The smallest absolute Gasteiger partial charge is 0.0920 e. The minimum Gasteiger partial charge on any atom is -0.184 e. The van der Waals surface area contributed by atoms with Crippen LogP contribution in [-0.2, 0) is 31.7 Å². The van der Waals surface area contributed by atoms with Crippen LogP contribution in [-0.4, -0.2) is 9.52 Å². The average molecular weight is 988 g/mol. The van der Waals surface area contributed by atoms with Gasteiger partial charge in [-0.1, -0.05) is 232 Å². The number of benzene rings is 8. The molecule has 0 bridgehead atoms. The van der Waals surface area contributed by atoms with Crippen LogP contribution in [0.25, 0.3) is 77.2 Å². The Morgan fingerprint density at radius 3 is 1.29 bits per heavy atom. The molecule has 10 aromatic rings. The van der Waals surface area contributed by atoms with Gasteiger partial charge in [0.05, 0.1) is 9.52 Å². The van der Waals surface area contributed by atoms with E-state index in [1.807, 2.05) is 6.07 Å². The van der Waals surface area contributed by atoms with Crippen LogP contribution < -0.4 is 10.4 Å². The maximum atomic E-state index is 4.93. The van der Waals surface area contributed by atoms with Crippen LogP contribution >= 0.6 is 17.0 Å². The van der Waals surface area contributed by atoms with E-state index in [-0.39, 0.29) is 10.8 Å². The van der Waals surface area contributed by atoms with Gasteiger partial charge < -0.3 is 0 Å². The zero-order valence-corrected chi connectivity index (χ0v) is 43.4. The topological polar surface area (TPSA) is 0 Å². The van der Waals surface area contributed by atoms with Crippen LogP contribution in [0.3, 0.4) is 0 Å². The van der Waals surface area contributed by atoms with Crippen LogP contribution in [0.1, 0.15) is 52.7 Å². The Morgan fingerprint density at radius 2 is 0.818 bits per heavy atom. The Morgan fingerprint density at radius 1 is 0.424 bits per heavy atom. The van der Waals surface area contributed by atoms with E-state index in [9.17, 15) is 0 Å². The van der Waals surface area contributed by atoms with E-state index in [2.05, 4.69) is 254 Å². The van der Waals surface area contributed by atoms with Gasteiger partial charge in [-0.15, -0.1) is 74.6 Å². The van der Waals surface area contributed by atoms with E-state index in [1.165, 1.54) is 98.7 Å². The molecular weight excluding hydrogens is 935 g/mol. The normalized spacial score (nSPS) is 11.6.